The Bertz CT molecular complexity index is 907. The van der Waals surface area contributed by atoms with Crippen LogP contribution < -0.4 is 5.32 Å². The van der Waals surface area contributed by atoms with E-state index in [2.05, 4.69) is 10.4 Å². The zero-order valence-corrected chi connectivity index (χ0v) is 15.3. The Morgan fingerprint density at radius 1 is 0.929 bits per heavy atom. The summed E-state index contributed by atoms with van der Waals surface area (Å²) in [6.07, 6.45) is 5.21. The molecule has 0 aliphatic carbocycles. The van der Waals surface area contributed by atoms with Crippen LogP contribution in [0, 0.1) is 0 Å². The van der Waals surface area contributed by atoms with Crippen LogP contribution in [0.25, 0.3) is 0 Å². The molecule has 2 aromatic heterocycles. The van der Waals surface area contributed by atoms with Crippen LogP contribution in [0.2, 0.25) is 0 Å². The smallest absolute Gasteiger partial charge is 0.232 e. The zero-order valence-electron chi connectivity index (χ0n) is 15.3. The maximum Gasteiger partial charge on any atom is 0.232 e. The first-order valence-corrected chi connectivity index (χ1v) is 9.23. The monoisotopic (exact) mass is 371 g/mol. The third-order valence-corrected chi connectivity index (χ3v) is 4.71. The summed E-state index contributed by atoms with van der Waals surface area (Å²) in [5.74, 6) is 0.318. The Hall–Kier alpha value is -3.60. The lowest BCUT2D eigenvalue weighted by atomic mass is 9.90. The molecule has 2 heterocycles. The SMILES string of the molecule is O=C(NCC(c1ccco1)n1cccn1)C(c1ccccc1)c1ccccc1. The van der Waals surface area contributed by atoms with Crippen LogP contribution in [0.1, 0.15) is 28.8 Å². The van der Waals surface area contributed by atoms with E-state index in [1.165, 1.54) is 0 Å². The van der Waals surface area contributed by atoms with Gasteiger partial charge < -0.3 is 9.73 Å². The molecule has 0 saturated carbocycles. The van der Waals surface area contributed by atoms with Gasteiger partial charge in [0.1, 0.15) is 11.8 Å². The number of hydrogen-bond acceptors (Lipinski definition) is 3. The van der Waals surface area contributed by atoms with Gasteiger partial charge in [-0.3, -0.25) is 9.48 Å². The molecule has 1 unspecified atom stereocenters. The van der Waals surface area contributed by atoms with Gasteiger partial charge in [-0.25, -0.2) is 0 Å². The first-order valence-electron chi connectivity index (χ1n) is 9.23. The molecule has 0 aliphatic heterocycles. The Kier molecular flexibility index (Phi) is 5.33. The number of carbonyl (C=O) groups is 1. The topological polar surface area (TPSA) is 60.1 Å². The second kappa shape index (κ2) is 8.39. The van der Waals surface area contributed by atoms with Crippen LogP contribution in [0.15, 0.2) is 102 Å². The summed E-state index contributed by atoms with van der Waals surface area (Å²) < 4.78 is 7.36. The molecule has 4 aromatic rings. The van der Waals surface area contributed by atoms with E-state index in [0.29, 0.717) is 6.54 Å². The van der Waals surface area contributed by atoms with Gasteiger partial charge in [0.2, 0.25) is 5.91 Å². The molecule has 140 valence electrons. The van der Waals surface area contributed by atoms with Crippen molar-refractivity contribution in [3.05, 3.63) is 114 Å². The maximum atomic E-state index is 13.2. The zero-order chi connectivity index (χ0) is 19.2. The van der Waals surface area contributed by atoms with E-state index in [9.17, 15) is 4.79 Å². The van der Waals surface area contributed by atoms with E-state index in [0.717, 1.165) is 16.9 Å². The predicted octanol–water partition coefficient (Wildman–Crippen LogP) is 4.01. The second-order valence-electron chi connectivity index (χ2n) is 6.52. The van der Waals surface area contributed by atoms with E-state index in [-0.39, 0.29) is 17.9 Å². The highest BCUT2D eigenvalue weighted by Crippen LogP contribution is 2.25. The lowest BCUT2D eigenvalue weighted by Crippen LogP contribution is -2.35. The average molecular weight is 371 g/mol. The van der Waals surface area contributed by atoms with Gasteiger partial charge in [0, 0.05) is 18.9 Å². The third-order valence-electron chi connectivity index (χ3n) is 4.71. The molecule has 0 saturated heterocycles. The van der Waals surface area contributed by atoms with Crippen molar-refractivity contribution in [3.8, 4) is 0 Å². The summed E-state index contributed by atoms with van der Waals surface area (Å²) in [4.78, 5) is 13.2. The fourth-order valence-electron chi connectivity index (χ4n) is 3.36. The Morgan fingerprint density at radius 3 is 2.14 bits per heavy atom. The molecular formula is C23H21N3O2. The molecule has 28 heavy (non-hydrogen) atoms. The number of carbonyl (C=O) groups excluding carboxylic acids is 1. The minimum absolute atomic E-state index is 0.0545. The molecule has 2 aromatic carbocycles. The highest BCUT2D eigenvalue weighted by molar-refractivity contribution is 5.87. The van der Waals surface area contributed by atoms with E-state index in [1.807, 2.05) is 85.1 Å². The molecule has 0 aliphatic rings. The third kappa shape index (κ3) is 3.88. The van der Waals surface area contributed by atoms with Gasteiger partial charge in [-0.1, -0.05) is 60.7 Å². The molecule has 4 rings (SSSR count). The van der Waals surface area contributed by atoms with Crippen molar-refractivity contribution in [1.29, 1.82) is 0 Å². The van der Waals surface area contributed by atoms with Crippen molar-refractivity contribution < 1.29 is 9.21 Å². The minimum atomic E-state index is -0.378. The summed E-state index contributed by atoms with van der Waals surface area (Å²) in [5.41, 5.74) is 1.92. The van der Waals surface area contributed by atoms with Crippen molar-refractivity contribution in [2.45, 2.75) is 12.0 Å². The van der Waals surface area contributed by atoms with Crippen molar-refractivity contribution >= 4 is 5.91 Å². The summed E-state index contributed by atoms with van der Waals surface area (Å²) in [7, 11) is 0. The Morgan fingerprint density at radius 2 is 1.61 bits per heavy atom. The van der Waals surface area contributed by atoms with E-state index < -0.39 is 0 Å². The van der Waals surface area contributed by atoms with Crippen LogP contribution >= 0.6 is 0 Å². The Balaban J connectivity index is 1.57. The standard InChI is InChI=1S/C23H21N3O2/c27-23(22(18-9-3-1-4-10-18)19-11-5-2-6-12-19)24-17-20(21-13-7-16-28-21)26-15-8-14-25-26/h1-16,20,22H,17H2,(H,24,27). The quantitative estimate of drug-likeness (QED) is 0.534. The molecule has 0 fully saturated rings. The molecule has 0 bridgehead atoms. The Labute approximate surface area is 163 Å². The van der Waals surface area contributed by atoms with Gasteiger partial charge in [0.15, 0.2) is 0 Å². The van der Waals surface area contributed by atoms with Crippen LogP contribution in [0.4, 0.5) is 0 Å². The van der Waals surface area contributed by atoms with Gasteiger partial charge in [-0.2, -0.15) is 5.10 Å². The van der Waals surface area contributed by atoms with Gasteiger partial charge in [-0.05, 0) is 29.3 Å². The highest BCUT2D eigenvalue weighted by atomic mass is 16.3. The molecule has 1 atom stereocenters. The fraction of sp³-hybridized carbons (Fsp3) is 0.130. The van der Waals surface area contributed by atoms with E-state index in [4.69, 9.17) is 4.42 Å². The summed E-state index contributed by atoms with van der Waals surface area (Å²) in [6.45, 7) is 0.379. The maximum absolute atomic E-state index is 13.2. The normalized spacial score (nSPS) is 12.0. The van der Waals surface area contributed by atoms with Crippen molar-refractivity contribution in [1.82, 2.24) is 15.1 Å². The highest BCUT2D eigenvalue weighted by Gasteiger charge is 2.25. The second-order valence-corrected chi connectivity index (χ2v) is 6.52. The van der Waals surface area contributed by atoms with Gasteiger partial charge in [0.25, 0.3) is 0 Å². The lowest BCUT2D eigenvalue weighted by molar-refractivity contribution is -0.121. The van der Waals surface area contributed by atoms with Gasteiger partial charge >= 0.3 is 0 Å². The first-order chi connectivity index (χ1) is 13.8. The number of rotatable bonds is 7. The first kappa shape index (κ1) is 17.8. The van der Waals surface area contributed by atoms with Gasteiger partial charge in [-0.15, -0.1) is 0 Å². The van der Waals surface area contributed by atoms with Crippen LogP contribution in [0.5, 0.6) is 0 Å². The van der Waals surface area contributed by atoms with Gasteiger partial charge in [0.05, 0.1) is 12.2 Å². The number of furan rings is 1. The van der Waals surface area contributed by atoms with Crippen LogP contribution in [0.3, 0.4) is 0 Å². The lowest BCUT2D eigenvalue weighted by Gasteiger charge is -2.21. The number of nitrogens with zero attached hydrogens (tertiary/aromatic N) is 2. The molecule has 0 radical (unpaired) electrons. The molecule has 1 amide bonds. The number of aromatic nitrogens is 2. The molecular weight excluding hydrogens is 350 g/mol. The van der Waals surface area contributed by atoms with Crippen LogP contribution in [-0.4, -0.2) is 22.2 Å². The predicted molar refractivity (Wildman–Crippen MR) is 107 cm³/mol. The number of benzene rings is 2. The van der Waals surface area contributed by atoms with Crippen molar-refractivity contribution in [2.75, 3.05) is 6.54 Å². The van der Waals surface area contributed by atoms with Crippen molar-refractivity contribution in [3.63, 3.8) is 0 Å². The molecule has 5 nitrogen and oxygen atoms in total. The van der Waals surface area contributed by atoms with E-state index in [1.54, 1.807) is 17.1 Å². The molecule has 0 spiro atoms. The van der Waals surface area contributed by atoms with Crippen molar-refractivity contribution in [2.24, 2.45) is 0 Å². The largest absolute Gasteiger partial charge is 0.467 e. The number of nitrogens with one attached hydrogen (secondary N) is 1. The average Bonchev–Trinajstić information content (AvgIpc) is 3.45. The minimum Gasteiger partial charge on any atom is -0.467 e. The van der Waals surface area contributed by atoms with E-state index >= 15 is 0 Å². The van der Waals surface area contributed by atoms with Crippen LogP contribution in [-0.2, 0) is 4.79 Å². The summed E-state index contributed by atoms with van der Waals surface area (Å²) >= 11 is 0. The number of hydrogen-bond donors (Lipinski definition) is 1. The summed E-state index contributed by atoms with van der Waals surface area (Å²) in [6, 6.07) is 25.0. The molecule has 1 N–H and O–H groups in total. The summed E-state index contributed by atoms with van der Waals surface area (Å²) in [5, 5.41) is 7.41. The fourth-order valence-corrected chi connectivity index (χ4v) is 3.36. The number of amides is 1. The molecule has 5 heteroatoms.